The lowest BCUT2D eigenvalue weighted by Crippen LogP contribution is -2.25. The Morgan fingerprint density at radius 1 is 1.32 bits per heavy atom. The number of benzene rings is 1. The smallest absolute Gasteiger partial charge is 0.259 e. The van der Waals surface area contributed by atoms with E-state index in [1.54, 1.807) is 17.6 Å². The standard InChI is InChI=1S/C15H16BrN3O2S/c1-2-21-12-5-3-11(4-6-12)17-10-15(20)19-18-9-13-7-8-14(16)22-13/h3-9,17H,2,10H2,1H3,(H,19,20). The van der Waals surface area contributed by atoms with Gasteiger partial charge in [0.05, 0.1) is 23.2 Å². The summed E-state index contributed by atoms with van der Waals surface area (Å²) in [7, 11) is 0. The molecular formula is C15H16BrN3O2S. The van der Waals surface area contributed by atoms with Gasteiger partial charge in [0, 0.05) is 10.6 Å². The van der Waals surface area contributed by atoms with Crippen LogP contribution < -0.4 is 15.5 Å². The topological polar surface area (TPSA) is 62.7 Å². The highest BCUT2D eigenvalue weighted by molar-refractivity contribution is 9.11. The van der Waals surface area contributed by atoms with E-state index in [4.69, 9.17) is 4.74 Å². The number of anilines is 1. The number of hydrazone groups is 1. The van der Waals surface area contributed by atoms with Gasteiger partial charge >= 0.3 is 0 Å². The van der Waals surface area contributed by atoms with E-state index in [9.17, 15) is 4.79 Å². The van der Waals surface area contributed by atoms with Gasteiger partial charge in [-0.25, -0.2) is 5.43 Å². The van der Waals surface area contributed by atoms with Crippen molar-refractivity contribution in [2.24, 2.45) is 5.10 Å². The van der Waals surface area contributed by atoms with Crippen molar-refractivity contribution in [3.8, 4) is 5.75 Å². The Morgan fingerprint density at radius 2 is 2.09 bits per heavy atom. The monoisotopic (exact) mass is 381 g/mol. The highest BCUT2D eigenvalue weighted by Crippen LogP contribution is 2.20. The highest BCUT2D eigenvalue weighted by Gasteiger charge is 2.00. The second-order valence-corrected chi connectivity index (χ2v) is 6.74. The van der Waals surface area contributed by atoms with Crippen molar-refractivity contribution >= 4 is 45.1 Å². The predicted molar refractivity (Wildman–Crippen MR) is 93.9 cm³/mol. The minimum Gasteiger partial charge on any atom is -0.494 e. The van der Waals surface area contributed by atoms with Crippen LogP contribution in [0.4, 0.5) is 5.69 Å². The summed E-state index contributed by atoms with van der Waals surface area (Å²) in [6, 6.07) is 11.3. The van der Waals surface area contributed by atoms with Crippen molar-refractivity contribution in [2.45, 2.75) is 6.92 Å². The lowest BCUT2D eigenvalue weighted by molar-refractivity contribution is -0.119. The van der Waals surface area contributed by atoms with Crippen LogP contribution in [0.2, 0.25) is 0 Å². The van der Waals surface area contributed by atoms with Gasteiger partial charge in [-0.05, 0) is 59.3 Å². The number of carbonyl (C=O) groups is 1. The molecule has 0 radical (unpaired) electrons. The molecule has 5 nitrogen and oxygen atoms in total. The zero-order valence-corrected chi connectivity index (χ0v) is 14.4. The second kappa shape index (κ2) is 8.55. The third-order valence-electron chi connectivity index (χ3n) is 2.59. The second-order valence-electron chi connectivity index (χ2n) is 4.25. The maximum absolute atomic E-state index is 11.7. The van der Waals surface area contributed by atoms with Crippen LogP contribution in [0, 0.1) is 0 Å². The van der Waals surface area contributed by atoms with E-state index in [2.05, 4.69) is 31.8 Å². The van der Waals surface area contributed by atoms with Crippen molar-refractivity contribution in [1.82, 2.24) is 5.43 Å². The van der Waals surface area contributed by atoms with Gasteiger partial charge in [-0.3, -0.25) is 4.79 Å². The molecule has 0 saturated heterocycles. The quantitative estimate of drug-likeness (QED) is 0.570. The number of rotatable bonds is 7. The van der Waals surface area contributed by atoms with Gasteiger partial charge in [-0.1, -0.05) is 0 Å². The Labute approximate surface area is 141 Å². The lowest BCUT2D eigenvalue weighted by atomic mass is 10.3. The Kier molecular flexibility index (Phi) is 6.42. The Bertz CT molecular complexity index is 640. The van der Waals surface area contributed by atoms with Crippen molar-refractivity contribution in [2.75, 3.05) is 18.5 Å². The number of hydrogen-bond donors (Lipinski definition) is 2. The van der Waals surface area contributed by atoms with Crippen LogP contribution in [-0.4, -0.2) is 25.3 Å². The molecule has 1 amide bonds. The zero-order valence-electron chi connectivity index (χ0n) is 12.0. The molecule has 2 rings (SSSR count). The molecule has 0 unspecified atom stereocenters. The number of amides is 1. The molecule has 0 spiro atoms. The molecule has 2 aromatic rings. The maximum Gasteiger partial charge on any atom is 0.259 e. The van der Waals surface area contributed by atoms with E-state index in [1.807, 2.05) is 43.3 Å². The van der Waals surface area contributed by atoms with E-state index < -0.39 is 0 Å². The molecular weight excluding hydrogens is 366 g/mol. The summed E-state index contributed by atoms with van der Waals surface area (Å²) in [4.78, 5) is 12.6. The van der Waals surface area contributed by atoms with Crippen LogP contribution >= 0.6 is 27.3 Å². The first-order valence-corrected chi connectivity index (χ1v) is 8.32. The highest BCUT2D eigenvalue weighted by atomic mass is 79.9. The summed E-state index contributed by atoms with van der Waals surface area (Å²) in [6.07, 6.45) is 1.62. The molecule has 0 bridgehead atoms. The minimum absolute atomic E-state index is 0.152. The first kappa shape index (κ1) is 16.5. The molecule has 0 aliphatic heterocycles. The van der Waals surface area contributed by atoms with Gasteiger partial charge in [-0.2, -0.15) is 5.10 Å². The Morgan fingerprint density at radius 3 is 2.73 bits per heavy atom. The molecule has 0 fully saturated rings. The molecule has 0 aliphatic rings. The van der Waals surface area contributed by atoms with Crippen LogP contribution in [-0.2, 0) is 4.79 Å². The largest absolute Gasteiger partial charge is 0.494 e. The average molecular weight is 382 g/mol. The van der Waals surface area contributed by atoms with Gasteiger partial charge in [-0.15, -0.1) is 11.3 Å². The van der Waals surface area contributed by atoms with E-state index in [1.165, 1.54) is 0 Å². The summed E-state index contributed by atoms with van der Waals surface area (Å²) >= 11 is 4.91. The van der Waals surface area contributed by atoms with Gasteiger partial charge in [0.15, 0.2) is 0 Å². The molecule has 22 heavy (non-hydrogen) atoms. The van der Waals surface area contributed by atoms with Crippen molar-refractivity contribution in [3.05, 3.63) is 45.1 Å². The van der Waals surface area contributed by atoms with Gasteiger partial charge in [0.25, 0.3) is 5.91 Å². The van der Waals surface area contributed by atoms with Gasteiger partial charge in [0.2, 0.25) is 0 Å². The number of thiophene rings is 1. The maximum atomic E-state index is 11.7. The molecule has 0 atom stereocenters. The molecule has 2 N–H and O–H groups in total. The van der Waals surface area contributed by atoms with E-state index >= 15 is 0 Å². The molecule has 116 valence electrons. The van der Waals surface area contributed by atoms with E-state index in [-0.39, 0.29) is 12.5 Å². The van der Waals surface area contributed by atoms with Crippen LogP contribution in [0.1, 0.15) is 11.8 Å². The third kappa shape index (κ3) is 5.50. The van der Waals surface area contributed by atoms with Crippen molar-refractivity contribution in [1.29, 1.82) is 0 Å². The third-order valence-corrected chi connectivity index (χ3v) is 4.15. The lowest BCUT2D eigenvalue weighted by Gasteiger charge is -2.07. The number of nitrogens with one attached hydrogen (secondary N) is 2. The van der Waals surface area contributed by atoms with E-state index in [0.717, 1.165) is 20.1 Å². The summed E-state index contributed by atoms with van der Waals surface area (Å²) in [6.45, 7) is 2.72. The fourth-order valence-electron chi connectivity index (χ4n) is 1.62. The van der Waals surface area contributed by atoms with E-state index in [0.29, 0.717) is 6.61 Å². The first-order valence-electron chi connectivity index (χ1n) is 6.71. The fourth-order valence-corrected chi connectivity index (χ4v) is 2.92. The van der Waals surface area contributed by atoms with Crippen molar-refractivity contribution in [3.63, 3.8) is 0 Å². The zero-order chi connectivity index (χ0) is 15.8. The van der Waals surface area contributed by atoms with Crippen LogP contribution in [0.25, 0.3) is 0 Å². The van der Waals surface area contributed by atoms with Gasteiger partial charge in [0.1, 0.15) is 5.75 Å². The molecule has 1 aromatic carbocycles. The van der Waals surface area contributed by atoms with Crippen LogP contribution in [0.5, 0.6) is 5.75 Å². The summed E-state index contributed by atoms with van der Waals surface area (Å²) in [5.74, 6) is 0.602. The first-order chi connectivity index (χ1) is 10.7. The minimum atomic E-state index is -0.208. The number of hydrogen-bond acceptors (Lipinski definition) is 5. The number of halogens is 1. The number of carbonyl (C=O) groups excluding carboxylic acids is 1. The summed E-state index contributed by atoms with van der Waals surface area (Å²) in [5, 5.41) is 6.93. The Hall–Kier alpha value is -1.86. The Balaban J connectivity index is 1.74. The fraction of sp³-hybridized carbons (Fsp3) is 0.200. The molecule has 7 heteroatoms. The predicted octanol–water partition coefficient (Wildman–Crippen LogP) is 3.47. The number of ether oxygens (including phenoxy) is 1. The average Bonchev–Trinajstić information content (AvgIpc) is 2.92. The summed E-state index contributed by atoms with van der Waals surface area (Å²) in [5.41, 5.74) is 3.33. The SMILES string of the molecule is CCOc1ccc(NCC(=O)NN=Cc2ccc(Br)s2)cc1. The number of nitrogens with zero attached hydrogens (tertiary/aromatic N) is 1. The molecule has 0 saturated carbocycles. The molecule has 0 aliphatic carbocycles. The molecule has 1 aromatic heterocycles. The molecule has 1 heterocycles. The summed E-state index contributed by atoms with van der Waals surface area (Å²) < 4.78 is 6.38. The van der Waals surface area contributed by atoms with Crippen LogP contribution in [0.15, 0.2) is 45.3 Å². The normalized spacial score (nSPS) is 10.6. The van der Waals surface area contributed by atoms with Crippen LogP contribution in [0.3, 0.4) is 0 Å². The van der Waals surface area contributed by atoms with Crippen molar-refractivity contribution < 1.29 is 9.53 Å². The van der Waals surface area contributed by atoms with Gasteiger partial charge < -0.3 is 10.1 Å².